The Hall–Kier alpha value is 0.220. The van der Waals surface area contributed by atoms with E-state index in [1.54, 1.807) is 0 Å². The first-order valence-electron chi connectivity index (χ1n) is 1.67. The number of nitrogens with zero attached hydrogens (tertiary/aromatic N) is 1. The van der Waals surface area contributed by atoms with Crippen molar-refractivity contribution in [2.75, 3.05) is 0 Å². The van der Waals surface area contributed by atoms with E-state index in [9.17, 15) is 8.78 Å². The highest BCUT2D eigenvalue weighted by molar-refractivity contribution is 6.54. The molecule has 9 heavy (non-hydrogen) atoms. The van der Waals surface area contributed by atoms with Crippen LogP contribution >= 0.6 is 34.8 Å². The maximum Gasteiger partial charge on any atom is 0.367 e. The maximum absolute atomic E-state index is 11.8. The quantitative estimate of drug-likeness (QED) is 0.588. The second-order valence-corrected chi connectivity index (χ2v) is 2.99. The average molecular weight is 194 g/mol. The van der Waals surface area contributed by atoms with E-state index in [4.69, 9.17) is 28.5 Å². The van der Waals surface area contributed by atoms with Gasteiger partial charge in [0.2, 0.25) is 0 Å². The van der Waals surface area contributed by atoms with Crippen LogP contribution in [0.4, 0.5) is 8.78 Å². The molecule has 1 nitrogen and oxygen atoms in total. The van der Waals surface area contributed by atoms with Gasteiger partial charge in [-0.3, -0.25) is 0 Å². The summed E-state index contributed by atoms with van der Waals surface area (Å²) in [4.78, 5) is 0. The van der Waals surface area contributed by atoms with Crippen LogP contribution in [-0.2, 0) is 0 Å². The molecule has 0 rings (SSSR count). The van der Waals surface area contributed by atoms with E-state index >= 15 is 0 Å². The molecule has 0 radical (unpaired) electrons. The molecule has 0 aliphatic rings. The minimum Gasteiger partial charge on any atom is -0.195 e. The normalized spacial score (nSPS) is 12.9. The van der Waals surface area contributed by atoms with Gasteiger partial charge in [-0.15, -0.1) is 0 Å². The van der Waals surface area contributed by atoms with Crippen molar-refractivity contribution in [3.05, 3.63) is 0 Å². The predicted molar refractivity (Wildman–Crippen MR) is 30.9 cm³/mol. The van der Waals surface area contributed by atoms with Gasteiger partial charge in [0.1, 0.15) is 6.07 Å². The maximum atomic E-state index is 11.8. The molecule has 0 saturated carbocycles. The Balaban J connectivity index is 4.39. The van der Waals surface area contributed by atoms with Crippen LogP contribution in [0.5, 0.6) is 0 Å². The van der Waals surface area contributed by atoms with E-state index in [0.717, 1.165) is 6.07 Å². The van der Waals surface area contributed by atoms with Crippen molar-refractivity contribution in [3.8, 4) is 6.07 Å². The first-order chi connectivity index (χ1) is 3.81. The highest BCUT2D eigenvalue weighted by Gasteiger charge is 2.50. The third-order valence-electron chi connectivity index (χ3n) is 0.496. The molecule has 0 N–H and O–H groups in total. The molecule has 0 saturated heterocycles. The van der Waals surface area contributed by atoms with E-state index in [-0.39, 0.29) is 0 Å². The van der Waals surface area contributed by atoms with Crippen molar-refractivity contribution >= 4 is 34.8 Å². The topological polar surface area (TPSA) is 23.8 Å². The third kappa shape index (κ3) is 2.13. The SMILES string of the molecule is N#CC(Cl)(Cl)C(F)(F)Cl. The summed E-state index contributed by atoms with van der Waals surface area (Å²) < 4.78 is 20.7. The van der Waals surface area contributed by atoms with Gasteiger partial charge in [-0.25, -0.2) is 0 Å². The highest BCUT2D eigenvalue weighted by Crippen LogP contribution is 2.40. The summed E-state index contributed by atoms with van der Waals surface area (Å²) in [7, 11) is 0. The molecule has 6 heteroatoms. The Kier molecular flexibility index (Phi) is 2.51. The molecular weight excluding hydrogens is 194 g/mol. The minimum absolute atomic E-state index is 0.930. The summed E-state index contributed by atoms with van der Waals surface area (Å²) in [5.41, 5.74) is 0. The molecule has 0 aromatic heterocycles. The summed E-state index contributed by atoms with van der Waals surface area (Å²) in [6, 6.07) is 0.930. The average Bonchev–Trinajstić information content (AvgIpc) is 1.64. The molecule has 0 fully saturated rings. The van der Waals surface area contributed by atoms with Crippen LogP contribution in [0, 0.1) is 11.3 Å². The summed E-state index contributed by atoms with van der Waals surface area (Å²) in [5.74, 6) is 0. The minimum atomic E-state index is -3.91. The van der Waals surface area contributed by atoms with Gasteiger partial charge in [-0.2, -0.15) is 14.0 Å². The zero-order valence-corrected chi connectivity index (χ0v) is 6.10. The Morgan fingerprint density at radius 2 is 1.56 bits per heavy atom. The van der Waals surface area contributed by atoms with Crippen molar-refractivity contribution in [2.45, 2.75) is 9.72 Å². The Labute approximate surface area is 65.1 Å². The lowest BCUT2D eigenvalue weighted by Crippen LogP contribution is -2.30. The zero-order valence-electron chi connectivity index (χ0n) is 3.84. The second kappa shape index (κ2) is 2.45. The number of nitriles is 1. The van der Waals surface area contributed by atoms with Gasteiger partial charge in [0, 0.05) is 0 Å². The van der Waals surface area contributed by atoms with Crippen LogP contribution in [0.15, 0.2) is 0 Å². The lowest BCUT2D eigenvalue weighted by Gasteiger charge is -2.15. The van der Waals surface area contributed by atoms with Gasteiger partial charge in [0.15, 0.2) is 0 Å². The predicted octanol–water partition coefficient (Wildman–Crippen LogP) is 2.52. The first kappa shape index (κ1) is 9.22. The smallest absolute Gasteiger partial charge is 0.195 e. The molecule has 0 heterocycles. The molecule has 0 spiro atoms. The third-order valence-corrected chi connectivity index (χ3v) is 1.62. The van der Waals surface area contributed by atoms with Crippen LogP contribution in [0.2, 0.25) is 0 Å². The molecular formula is C3Cl3F2N. The van der Waals surface area contributed by atoms with Crippen molar-refractivity contribution < 1.29 is 8.78 Å². The van der Waals surface area contributed by atoms with Crippen LogP contribution < -0.4 is 0 Å². The Morgan fingerprint density at radius 3 is 1.56 bits per heavy atom. The van der Waals surface area contributed by atoms with Crippen LogP contribution in [0.3, 0.4) is 0 Å². The monoisotopic (exact) mass is 193 g/mol. The van der Waals surface area contributed by atoms with Crippen molar-refractivity contribution in [1.82, 2.24) is 0 Å². The van der Waals surface area contributed by atoms with Gasteiger partial charge < -0.3 is 0 Å². The largest absolute Gasteiger partial charge is 0.367 e. The molecule has 0 aliphatic carbocycles. The molecule has 0 bridgehead atoms. The summed E-state index contributed by atoms with van der Waals surface area (Å²) in [5, 5.41) is 3.94. The number of rotatable bonds is 1. The Morgan fingerprint density at radius 1 is 1.22 bits per heavy atom. The number of hydrogen-bond donors (Lipinski definition) is 0. The van der Waals surface area contributed by atoms with Gasteiger partial charge in [0.05, 0.1) is 0 Å². The Bertz CT molecular complexity index is 144. The van der Waals surface area contributed by atoms with Gasteiger partial charge >= 0.3 is 5.38 Å². The molecule has 0 aliphatic heterocycles. The van der Waals surface area contributed by atoms with Gasteiger partial charge in [0.25, 0.3) is 4.33 Å². The summed E-state index contributed by atoms with van der Waals surface area (Å²) in [6.07, 6.45) is 0. The van der Waals surface area contributed by atoms with Crippen molar-refractivity contribution in [1.29, 1.82) is 5.26 Å². The van der Waals surface area contributed by atoms with Crippen molar-refractivity contribution in [3.63, 3.8) is 0 Å². The summed E-state index contributed by atoms with van der Waals surface area (Å²) >= 11 is 13.7. The molecule has 0 aromatic rings. The van der Waals surface area contributed by atoms with E-state index in [1.807, 2.05) is 0 Å². The lowest BCUT2D eigenvalue weighted by molar-refractivity contribution is 0.0934. The van der Waals surface area contributed by atoms with Crippen LogP contribution in [-0.4, -0.2) is 9.72 Å². The lowest BCUT2D eigenvalue weighted by atomic mass is 10.5. The fourth-order valence-electron chi connectivity index (χ4n) is 0.0634. The molecule has 0 atom stereocenters. The molecule has 0 unspecified atom stereocenters. The van der Waals surface area contributed by atoms with E-state index in [0.29, 0.717) is 0 Å². The summed E-state index contributed by atoms with van der Waals surface area (Å²) in [6.45, 7) is 0. The van der Waals surface area contributed by atoms with E-state index in [1.165, 1.54) is 0 Å². The van der Waals surface area contributed by atoms with E-state index in [2.05, 4.69) is 11.6 Å². The van der Waals surface area contributed by atoms with Crippen LogP contribution in [0.25, 0.3) is 0 Å². The molecule has 0 amide bonds. The van der Waals surface area contributed by atoms with Gasteiger partial charge in [-0.05, 0) is 11.6 Å². The van der Waals surface area contributed by atoms with Gasteiger partial charge in [-0.1, -0.05) is 23.2 Å². The fraction of sp³-hybridized carbons (Fsp3) is 0.667. The first-order valence-corrected chi connectivity index (χ1v) is 2.80. The second-order valence-electron chi connectivity index (χ2n) is 1.18. The zero-order chi connectivity index (χ0) is 7.71. The number of halogens is 5. The fourth-order valence-corrected chi connectivity index (χ4v) is 0.106. The number of alkyl halides is 5. The standard InChI is InChI=1S/C3Cl3F2N/c4-2(5,1-9)3(6,7)8. The van der Waals surface area contributed by atoms with Crippen LogP contribution in [0.1, 0.15) is 0 Å². The van der Waals surface area contributed by atoms with Crippen molar-refractivity contribution in [2.24, 2.45) is 0 Å². The number of hydrogen-bond acceptors (Lipinski definition) is 1. The highest BCUT2D eigenvalue weighted by atomic mass is 35.5. The molecule has 52 valence electrons. The van der Waals surface area contributed by atoms with E-state index < -0.39 is 9.72 Å². The molecule has 0 aromatic carbocycles.